The molecule has 0 saturated heterocycles. The molecule has 0 aliphatic carbocycles. The van der Waals surface area contributed by atoms with E-state index in [2.05, 4.69) is 10.6 Å². The maximum absolute atomic E-state index is 12.2. The van der Waals surface area contributed by atoms with Gasteiger partial charge in [0.25, 0.3) is 11.6 Å². The molecule has 1 rings (SSSR count). The Bertz CT molecular complexity index is 470. The quantitative estimate of drug-likeness (QED) is 0.611. The number of carbonyl (C=O) groups excluding carboxylic acids is 1. The first kappa shape index (κ1) is 14.9. The molecule has 1 amide bonds. The molecule has 2 N–H and O–H groups in total. The summed E-state index contributed by atoms with van der Waals surface area (Å²) in [6.45, 7) is 3.97. The molecule has 0 aromatic heterocycles. The molecule has 6 heteroatoms. The van der Waals surface area contributed by atoms with Crippen molar-refractivity contribution >= 4 is 17.3 Å². The second-order valence-corrected chi connectivity index (χ2v) is 4.19. The highest BCUT2D eigenvalue weighted by Gasteiger charge is 2.21. The number of anilines is 1. The maximum atomic E-state index is 12.2. The summed E-state index contributed by atoms with van der Waals surface area (Å²) in [5.74, 6) is -0.290. The number of para-hydroxylation sites is 1. The standard InChI is InChI=1S/C13H19N3O3/c1-4-9(5-2)15-13(17)10-7-6-8-11(16(18)19)12(10)14-3/h6-9,14H,4-5H2,1-3H3,(H,15,17). The molecule has 0 unspecified atom stereocenters. The summed E-state index contributed by atoms with van der Waals surface area (Å²) in [4.78, 5) is 22.6. The number of nitro groups is 1. The number of hydrogen-bond donors (Lipinski definition) is 2. The van der Waals surface area contributed by atoms with Gasteiger partial charge in [0, 0.05) is 19.2 Å². The Hall–Kier alpha value is -2.11. The van der Waals surface area contributed by atoms with Crippen molar-refractivity contribution in [1.29, 1.82) is 0 Å². The highest BCUT2D eigenvalue weighted by atomic mass is 16.6. The van der Waals surface area contributed by atoms with Crippen LogP contribution in [-0.4, -0.2) is 23.9 Å². The topological polar surface area (TPSA) is 84.3 Å². The average molecular weight is 265 g/mol. The van der Waals surface area contributed by atoms with E-state index < -0.39 is 4.92 Å². The zero-order chi connectivity index (χ0) is 14.4. The van der Waals surface area contributed by atoms with E-state index >= 15 is 0 Å². The molecule has 0 heterocycles. The van der Waals surface area contributed by atoms with E-state index in [0.29, 0.717) is 5.56 Å². The van der Waals surface area contributed by atoms with Gasteiger partial charge in [-0.15, -0.1) is 0 Å². The Kier molecular flexibility index (Phi) is 5.29. The van der Waals surface area contributed by atoms with E-state index in [1.54, 1.807) is 13.1 Å². The third-order valence-electron chi connectivity index (χ3n) is 3.05. The molecule has 0 radical (unpaired) electrons. The van der Waals surface area contributed by atoms with Crippen molar-refractivity contribution in [2.24, 2.45) is 0 Å². The predicted molar refractivity (Wildman–Crippen MR) is 74.5 cm³/mol. The fourth-order valence-corrected chi connectivity index (χ4v) is 1.90. The Labute approximate surface area is 112 Å². The maximum Gasteiger partial charge on any atom is 0.293 e. The Morgan fingerprint density at radius 3 is 2.47 bits per heavy atom. The fraction of sp³-hybridized carbons (Fsp3) is 0.462. The minimum Gasteiger partial charge on any atom is -0.382 e. The summed E-state index contributed by atoms with van der Waals surface area (Å²) < 4.78 is 0. The van der Waals surface area contributed by atoms with Crippen LogP contribution in [0.15, 0.2) is 18.2 Å². The summed E-state index contributed by atoms with van der Waals surface area (Å²) in [6.07, 6.45) is 1.65. The summed E-state index contributed by atoms with van der Waals surface area (Å²) in [5, 5.41) is 16.5. The molecule has 1 aromatic rings. The van der Waals surface area contributed by atoms with Gasteiger partial charge in [0.2, 0.25) is 0 Å². The fourth-order valence-electron chi connectivity index (χ4n) is 1.90. The normalized spacial score (nSPS) is 10.3. The number of carbonyl (C=O) groups is 1. The highest BCUT2D eigenvalue weighted by molar-refractivity contribution is 6.01. The van der Waals surface area contributed by atoms with E-state index in [9.17, 15) is 14.9 Å². The van der Waals surface area contributed by atoms with Gasteiger partial charge in [-0.2, -0.15) is 0 Å². The minimum atomic E-state index is -0.500. The molecular formula is C13H19N3O3. The number of benzene rings is 1. The van der Waals surface area contributed by atoms with Crippen molar-refractivity contribution in [2.45, 2.75) is 32.7 Å². The van der Waals surface area contributed by atoms with Crippen molar-refractivity contribution in [3.63, 3.8) is 0 Å². The van der Waals surface area contributed by atoms with Crippen molar-refractivity contribution in [3.8, 4) is 0 Å². The zero-order valence-corrected chi connectivity index (χ0v) is 11.4. The SMILES string of the molecule is CCC(CC)NC(=O)c1cccc([N+](=O)[O-])c1NC. The van der Waals surface area contributed by atoms with Crippen molar-refractivity contribution < 1.29 is 9.72 Å². The molecule has 0 aliphatic heterocycles. The van der Waals surface area contributed by atoms with Crippen LogP contribution >= 0.6 is 0 Å². The lowest BCUT2D eigenvalue weighted by atomic mass is 10.1. The molecule has 0 atom stereocenters. The lowest BCUT2D eigenvalue weighted by Crippen LogP contribution is -2.34. The molecule has 0 aliphatic rings. The number of amides is 1. The number of nitro benzene ring substituents is 1. The molecule has 0 saturated carbocycles. The van der Waals surface area contributed by atoms with Crippen LogP contribution in [0.3, 0.4) is 0 Å². The van der Waals surface area contributed by atoms with Gasteiger partial charge in [0.05, 0.1) is 10.5 Å². The van der Waals surface area contributed by atoms with Crippen LogP contribution in [0.5, 0.6) is 0 Å². The second-order valence-electron chi connectivity index (χ2n) is 4.19. The average Bonchev–Trinajstić information content (AvgIpc) is 2.43. The Balaban J connectivity index is 3.09. The van der Waals surface area contributed by atoms with Crippen molar-refractivity contribution in [1.82, 2.24) is 5.32 Å². The van der Waals surface area contributed by atoms with Gasteiger partial charge in [-0.05, 0) is 18.9 Å². The van der Waals surface area contributed by atoms with Gasteiger partial charge in [-0.25, -0.2) is 0 Å². The van der Waals surface area contributed by atoms with Gasteiger partial charge >= 0.3 is 0 Å². The van der Waals surface area contributed by atoms with Crippen LogP contribution in [0, 0.1) is 10.1 Å². The minimum absolute atomic E-state index is 0.0801. The lowest BCUT2D eigenvalue weighted by Gasteiger charge is -2.16. The van der Waals surface area contributed by atoms with Gasteiger partial charge in [-0.1, -0.05) is 19.9 Å². The first-order chi connectivity index (χ1) is 9.04. The third kappa shape index (κ3) is 3.43. The van der Waals surface area contributed by atoms with Gasteiger partial charge in [-0.3, -0.25) is 14.9 Å². The van der Waals surface area contributed by atoms with Crippen LogP contribution < -0.4 is 10.6 Å². The number of nitrogens with one attached hydrogen (secondary N) is 2. The zero-order valence-electron chi connectivity index (χ0n) is 11.4. The third-order valence-corrected chi connectivity index (χ3v) is 3.05. The van der Waals surface area contributed by atoms with Crippen LogP contribution in [0.2, 0.25) is 0 Å². The van der Waals surface area contributed by atoms with E-state index in [-0.39, 0.29) is 23.3 Å². The molecule has 6 nitrogen and oxygen atoms in total. The number of rotatable bonds is 6. The van der Waals surface area contributed by atoms with Gasteiger partial charge in [0.15, 0.2) is 0 Å². The predicted octanol–water partition coefficient (Wildman–Crippen LogP) is 2.55. The summed E-state index contributed by atoms with van der Waals surface area (Å²) in [6, 6.07) is 4.55. The van der Waals surface area contributed by atoms with E-state index in [1.165, 1.54) is 12.1 Å². The Morgan fingerprint density at radius 1 is 1.37 bits per heavy atom. The molecular weight excluding hydrogens is 246 g/mol. The first-order valence-electron chi connectivity index (χ1n) is 6.31. The van der Waals surface area contributed by atoms with Crippen molar-refractivity contribution in [3.05, 3.63) is 33.9 Å². The van der Waals surface area contributed by atoms with E-state index in [4.69, 9.17) is 0 Å². The van der Waals surface area contributed by atoms with Gasteiger partial charge < -0.3 is 10.6 Å². The van der Waals surface area contributed by atoms with Crippen molar-refractivity contribution in [2.75, 3.05) is 12.4 Å². The van der Waals surface area contributed by atoms with E-state index in [0.717, 1.165) is 12.8 Å². The monoisotopic (exact) mass is 265 g/mol. The van der Waals surface area contributed by atoms with Crippen LogP contribution in [0.4, 0.5) is 11.4 Å². The highest BCUT2D eigenvalue weighted by Crippen LogP contribution is 2.27. The molecule has 19 heavy (non-hydrogen) atoms. The molecule has 104 valence electrons. The largest absolute Gasteiger partial charge is 0.382 e. The first-order valence-corrected chi connectivity index (χ1v) is 6.31. The second kappa shape index (κ2) is 6.72. The number of hydrogen-bond acceptors (Lipinski definition) is 4. The van der Waals surface area contributed by atoms with Crippen LogP contribution in [0.25, 0.3) is 0 Å². The van der Waals surface area contributed by atoms with E-state index in [1.807, 2.05) is 13.8 Å². The van der Waals surface area contributed by atoms with Gasteiger partial charge in [0.1, 0.15) is 5.69 Å². The molecule has 0 bridgehead atoms. The van der Waals surface area contributed by atoms with Crippen LogP contribution in [-0.2, 0) is 0 Å². The van der Waals surface area contributed by atoms with Crippen LogP contribution in [0.1, 0.15) is 37.0 Å². The number of nitrogens with zero attached hydrogens (tertiary/aromatic N) is 1. The summed E-state index contributed by atoms with van der Waals surface area (Å²) >= 11 is 0. The summed E-state index contributed by atoms with van der Waals surface area (Å²) in [7, 11) is 1.57. The molecule has 0 spiro atoms. The molecule has 1 aromatic carbocycles. The molecule has 0 fully saturated rings. The smallest absolute Gasteiger partial charge is 0.293 e. The Morgan fingerprint density at radius 2 is 2.00 bits per heavy atom. The summed E-state index contributed by atoms with van der Waals surface area (Å²) in [5.41, 5.74) is 0.444. The lowest BCUT2D eigenvalue weighted by molar-refractivity contribution is -0.384.